The summed E-state index contributed by atoms with van der Waals surface area (Å²) >= 11 is 0. The lowest BCUT2D eigenvalue weighted by molar-refractivity contribution is -0.240. The lowest BCUT2D eigenvalue weighted by Gasteiger charge is -2.47. The fraction of sp³-hybridized carbons (Fsp3) is 0.800. The SMILES string of the molecule is CCC(=O)OC1[C@@H](OC(=O)CC)[C@H](OP(=O)(O)O)C(OP(=O)(O)O)[C@H](OP(=O)(O)O)[C@@H]1OC(=O)CC. The lowest BCUT2D eigenvalue weighted by atomic mass is 9.84. The highest BCUT2D eigenvalue weighted by Gasteiger charge is 2.62. The molecule has 1 saturated carbocycles. The Kier molecular flexibility index (Phi) is 11.8. The van der Waals surface area contributed by atoms with Crippen molar-refractivity contribution in [3.8, 4) is 0 Å². The van der Waals surface area contributed by atoms with Crippen LogP contribution in [0.2, 0.25) is 0 Å². The van der Waals surface area contributed by atoms with Gasteiger partial charge in [-0.15, -0.1) is 0 Å². The maximum Gasteiger partial charge on any atom is 0.470 e. The zero-order valence-electron chi connectivity index (χ0n) is 19.0. The van der Waals surface area contributed by atoms with Gasteiger partial charge in [0.05, 0.1) is 0 Å². The third kappa shape index (κ3) is 10.6. The third-order valence-electron chi connectivity index (χ3n) is 4.39. The summed E-state index contributed by atoms with van der Waals surface area (Å²) < 4.78 is 63.8. The molecule has 0 amide bonds. The molecule has 1 rings (SSSR count). The number of rotatable bonds is 12. The molecule has 6 N–H and O–H groups in total. The van der Waals surface area contributed by atoms with Crippen LogP contribution in [-0.4, -0.2) is 83.9 Å². The standard InChI is InChI=1S/C15H27O18P3/c1-4-7(16)28-10-11(29-8(17)5-2)13(31-34(19,20)21)15(33-36(25,26)27)14(32-35(22,23)24)12(10)30-9(18)6-3/h10-15H,4-6H2,1-3H3,(H2,19,20,21)(H2,22,23,24)(H2,25,26,27)/t10?,11-,12-,13-,14+,15?/m1/s1. The lowest BCUT2D eigenvalue weighted by Crippen LogP contribution is -2.67. The average molecular weight is 588 g/mol. The van der Waals surface area contributed by atoms with Crippen LogP contribution in [0.5, 0.6) is 0 Å². The number of phosphoric ester groups is 3. The van der Waals surface area contributed by atoms with E-state index in [0.717, 1.165) is 0 Å². The van der Waals surface area contributed by atoms with Gasteiger partial charge in [-0.1, -0.05) is 20.8 Å². The fourth-order valence-electron chi connectivity index (χ4n) is 3.06. The second-order valence-electron chi connectivity index (χ2n) is 7.11. The summed E-state index contributed by atoms with van der Waals surface area (Å²) in [4.78, 5) is 92.6. The van der Waals surface area contributed by atoms with E-state index >= 15 is 0 Å². The molecule has 0 saturated heterocycles. The molecule has 18 nitrogen and oxygen atoms in total. The molecule has 21 heteroatoms. The summed E-state index contributed by atoms with van der Waals surface area (Å²) in [5, 5.41) is 0. The second kappa shape index (κ2) is 13.0. The highest BCUT2D eigenvalue weighted by atomic mass is 31.2. The summed E-state index contributed by atoms with van der Waals surface area (Å²) in [7, 11) is -17.0. The van der Waals surface area contributed by atoms with E-state index in [0.29, 0.717) is 0 Å². The largest absolute Gasteiger partial charge is 0.470 e. The Morgan fingerprint density at radius 2 is 0.694 bits per heavy atom. The van der Waals surface area contributed by atoms with Crippen LogP contribution in [0.3, 0.4) is 0 Å². The Morgan fingerprint density at radius 3 is 0.889 bits per heavy atom. The van der Waals surface area contributed by atoms with E-state index in [4.69, 9.17) is 14.2 Å². The predicted molar refractivity (Wildman–Crippen MR) is 111 cm³/mol. The minimum atomic E-state index is -5.68. The number of carbonyl (C=O) groups is 3. The van der Waals surface area contributed by atoms with Crippen molar-refractivity contribution in [3.05, 3.63) is 0 Å². The zero-order chi connectivity index (χ0) is 28.1. The fourth-order valence-corrected chi connectivity index (χ4v) is 4.74. The van der Waals surface area contributed by atoms with Crippen molar-refractivity contribution in [1.29, 1.82) is 0 Å². The Labute approximate surface area is 203 Å². The minimum absolute atomic E-state index is 0.351. The normalized spacial score (nSPS) is 27.2. The molecule has 0 heterocycles. The number of esters is 3. The Hall–Kier alpha value is -1.26. The molecule has 1 aliphatic rings. The van der Waals surface area contributed by atoms with E-state index in [2.05, 4.69) is 13.6 Å². The molecule has 210 valence electrons. The van der Waals surface area contributed by atoms with E-state index in [1.807, 2.05) is 0 Å². The molecule has 0 aliphatic heterocycles. The van der Waals surface area contributed by atoms with Gasteiger partial charge in [0.25, 0.3) is 0 Å². The van der Waals surface area contributed by atoms with Gasteiger partial charge < -0.3 is 43.6 Å². The van der Waals surface area contributed by atoms with Crippen LogP contribution in [0.1, 0.15) is 40.0 Å². The first kappa shape index (κ1) is 32.8. The number of ether oxygens (including phenoxy) is 3. The Bertz CT molecular complexity index is 880. The highest BCUT2D eigenvalue weighted by Crippen LogP contribution is 2.51. The molecule has 0 aromatic carbocycles. The quantitative estimate of drug-likeness (QED) is 0.0942. The van der Waals surface area contributed by atoms with Crippen molar-refractivity contribution >= 4 is 41.4 Å². The molecule has 1 fully saturated rings. The van der Waals surface area contributed by atoms with E-state index in [-0.39, 0.29) is 19.3 Å². The van der Waals surface area contributed by atoms with E-state index in [1.165, 1.54) is 20.8 Å². The van der Waals surface area contributed by atoms with Crippen molar-refractivity contribution in [2.45, 2.75) is 76.7 Å². The maximum absolute atomic E-state index is 12.1. The van der Waals surface area contributed by atoms with Crippen molar-refractivity contribution in [3.63, 3.8) is 0 Å². The van der Waals surface area contributed by atoms with Crippen LogP contribution < -0.4 is 0 Å². The molecule has 0 aromatic heterocycles. The van der Waals surface area contributed by atoms with Crippen molar-refractivity contribution < 1.29 is 85.2 Å². The molecule has 0 aromatic rings. The van der Waals surface area contributed by atoms with Gasteiger partial charge in [-0.05, 0) is 0 Å². The third-order valence-corrected chi connectivity index (χ3v) is 5.94. The highest BCUT2D eigenvalue weighted by molar-refractivity contribution is 7.47. The maximum atomic E-state index is 12.1. The van der Waals surface area contributed by atoms with Crippen LogP contribution in [-0.2, 0) is 55.9 Å². The van der Waals surface area contributed by atoms with Crippen LogP contribution in [0.25, 0.3) is 0 Å². The molecular weight excluding hydrogens is 561 g/mol. The summed E-state index contributed by atoms with van der Waals surface area (Å²) in [6.45, 7) is 3.88. The first-order chi connectivity index (χ1) is 16.3. The van der Waals surface area contributed by atoms with Crippen molar-refractivity contribution in [2.24, 2.45) is 0 Å². The molecule has 1 aliphatic carbocycles. The second-order valence-corrected chi connectivity index (χ2v) is 10.7. The van der Waals surface area contributed by atoms with Crippen molar-refractivity contribution in [2.75, 3.05) is 0 Å². The van der Waals surface area contributed by atoms with Gasteiger partial charge in [0.1, 0.15) is 18.3 Å². The van der Waals surface area contributed by atoms with Gasteiger partial charge in [-0.2, -0.15) is 0 Å². The number of hydrogen-bond acceptors (Lipinski definition) is 12. The predicted octanol–water partition coefficient (Wildman–Crippen LogP) is -0.601. The van der Waals surface area contributed by atoms with Crippen LogP contribution >= 0.6 is 23.5 Å². The summed E-state index contributed by atoms with van der Waals surface area (Å²) in [6, 6.07) is 0. The zero-order valence-corrected chi connectivity index (χ0v) is 21.7. The minimum Gasteiger partial charge on any atom is -0.455 e. The van der Waals surface area contributed by atoms with Crippen LogP contribution in [0.4, 0.5) is 0 Å². The summed E-state index contributed by atoms with van der Waals surface area (Å²) in [5.41, 5.74) is 0. The van der Waals surface area contributed by atoms with Gasteiger partial charge in [0, 0.05) is 19.3 Å². The average Bonchev–Trinajstić information content (AvgIpc) is 2.72. The first-order valence-corrected chi connectivity index (χ1v) is 14.7. The van der Waals surface area contributed by atoms with Crippen molar-refractivity contribution in [1.82, 2.24) is 0 Å². The monoisotopic (exact) mass is 588 g/mol. The van der Waals surface area contributed by atoms with E-state index < -0.39 is 78.0 Å². The smallest absolute Gasteiger partial charge is 0.455 e. The Morgan fingerprint density at radius 1 is 0.500 bits per heavy atom. The number of hydrogen-bond donors (Lipinski definition) is 6. The van der Waals surface area contributed by atoms with E-state index in [9.17, 15) is 57.4 Å². The van der Waals surface area contributed by atoms with Gasteiger partial charge in [-0.3, -0.25) is 28.0 Å². The van der Waals surface area contributed by atoms with Gasteiger partial charge in [0.2, 0.25) is 0 Å². The molecular formula is C15H27O18P3. The summed E-state index contributed by atoms with van der Waals surface area (Å²) in [5.74, 6) is -3.29. The Balaban J connectivity index is 3.93. The van der Waals surface area contributed by atoms with Crippen LogP contribution in [0.15, 0.2) is 0 Å². The first-order valence-electron chi connectivity index (χ1n) is 10.1. The van der Waals surface area contributed by atoms with E-state index in [1.54, 1.807) is 0 Å². The van der Waals surface area contributed by atoms with Crippen LogP contribution in [0, 0.1) is 0 Å². The summed E-state index contributed by atoms with van der Waals surface area (Å²) in [6.07, 6.45) is -15.1. The van der Waals surface area contributed by atoms with Gasteiger partial charge in [0.15, 0.2) is 18.3 Å². The topological polar surface area (TPSA) is 279 Å². The molecule has 0 spiro atoms. The number of phosphoric acid groups is 3. The molecule has 6 atom stereocenters. The molecule has 2 unspecified atom stereocenters. The van der Waals surface area contributed by atoms with Gasteiger partial charge >= 0.3 is 41.4 Å². The van der Waals surface area contributed by atoms with Gasteiger partial charge in [-0.25, -0.2) is 13.7 Å². The number of carbonyl (C=O) groups excluding carboxylic acids is 3. The molecule has 36 heavy (non-hydrogen) atoms. The molecule has 0 radical (unpaired) electrons. The molecule has 0 bridgehead atoms.